The highest BCUT2D eigenvalue weighted by atomic mass is 35.5. The first-order valence-electron chi connectivity index (χ1n) is 14.0. The van der Waals surface area contributed by atoms with Gasteiger partial charge in [-0.2, -0.15) is 5.26 Å². The van der Waals surface area contributed by atoms with Crippen LogP contribution in [0.25, 0.3) is 11.4 Å². The van der Waals surface area contributed by atoms with Crippen molar-refractivity contribution in [2.24, 2.45) is 0 Å². The topological polar surface area (TPSA) is 94.2 Å². The molecule has 1 amide bonds. The zero-order chi connectivity index (χ0) is 30.4. The van der Waals surface area contributed by atoms with E-state index >= 15 is 0 Å². The highest BCUT2D eigenvalue weighted by Crippen LogP contribution is 2.32. The van der Waals surface area contributed by atoms with Crippen molar-refractivity contribution in [1.82, 2.24) is 24.6 Å². The minimum Gasteiger partial charge on any atom is -0.365 e. The van der Waals surface area contributed by atoms with Gasteiger partial charge < -0.3 is 19.3 Å². The Morgan fingerprint density at radius 1 is 1.02 bits per heavy atom. The first-order valence-corrected chi connectivity index (χ1v) is 14.4. The van der Waals surface area contributed by atoms with E-state index in [9.17, 15) is 13.6 Å². The SMILES string of the molecule is Cc1cc(C)c(-c2nnc3n2CCN(c2ncccc2Cl)C3)cc1C(=O)N1CCN(c2cc(F)c(C#N)cc2F)CC1C. The monoisotopic (exact) mass is 602 g/mol. The van der Waals surface area contributed by atoms with Crippen molar-refractivity contribution in [2.75, 3.05) is 36.0 Å². The van der Waals surface area contributed by atoms with E-state index in [1.165, 1.54) is 0 Å². The molecule has 2 aromatic heterocycles. The van der Waals surface area contributed by atoms with Crippen LogP contribution in [-0.2, 0) is 13.1 Å². The van der Waals surface area contributed by atoms with E-state index in [1.54, 1.807) is 28.1 Å². The van der Waals surface area contributed by atoms with Crippen molar-refractivity contribution in [3.05, 3.63) is 87.3 Å². The third-order valence-corrected chi connectivity index (χ3v) is 8.52. The molecule has 4 heterocycles. The molecule has 1 fully saturated rings. The van der Waals surface area contributed by atoms with Gasteiger partial charge in [0.25, 0.3) is 5.91 Å². The summed E-state index contributed by atoms with van der Waals surface area (Å²) in [7, 11) is 0. The average molecular weight is 603 g/mol. The molecule has 0 bridgehead atoms. The number of aromatic nitrogens is 4. The smallest absolute Gasteiger partial charge is 0.254 e. The molecule has 0 radical (unpaired) electrons. The first kappa shape index (κ1) is 28.6. The average Bonchev–Trinajstić information content (AvgIpc) is 3.41. The maximum atomic E-state index is 14.7. The fourth-order valence-electron chi connectivity index (χ4n) is 5.97. The molecule has 9 nitrogen and oxygen atoms in total. The van der Waals surface area contributed by atoms with Crippen molar-refractivity contribution < 1.29 is 13.6 Å². The van der Waals surface area contributed by atoms with Gasteiger partial charge in [0.05, 0.1) is 22.8 Å². The lowest BCUT2D eigenvalue weighted by Crippen LogP contribution is -2.54. The second kappa shape index (κ2) is 11.3. The molecule has 1 saturated heterocycles. The Labute approximate surface area is 252 Å². The van der Waals surface area contributed by atoms with Gasteiger partial charge in [0.15, 0.2) is 11.6 Å². The second-order valence-electron chi connectivity index (χ2n) is 11.0. The van der Waals surface area contributed by atoms with Crippen LogP contribution in [-0.4, -0.2) is 62.8 Å². The van der Waals surface area contributed by atoms with E-state index in [-0.39, 0.29) is 23.2 Å². The molecule has 12 heteroatoms. The Kier molecular flexibility index (Phi) is 7.48. The van der Waals surface area contributed by atoms with Crippen LogP contribution in [0.2, 0.25) is 5.02 Å². The Bertz CT molecular complexity index is 1780. The van der Waals surface area contributed by atoms with Crippen molar-refractivity contribution in [1.29, 1.82) is 5.26 Å². The summed E-state index contributed by atoms with van der Waals surface area (Å²) in [6.45, 7) is 8.58. The molecule has 4 aromatic rings. The summed E-state index contributed by atoms with van der Waals surface area (Å²) in [6.07, 6.45) is 1.71. The van der Waals surface area contributed by atoms with E-state index in [0.717, 1.165) is 34.6 Å². The van der Waals surface area contributed by atoms with Crippen LogP contribution < -0.4 is 9.80 Å². The van der Waals surface area contributed by atoms with Crippen LogP contribution in [0.15, 0.2) is 42.6 Å². The van der Waals surface area contributed by atoms with Crippen LogP contribution >= 0.6 is 11.6 Å². The Morgan fingerprint density at radius 2 is 1.81 bits per heavy atom. The standard InChI is InChI=1S/C31H29ClF2N8O/c1-18-11-19(2)23(31(43)41-9-7-39(16-20(41)3)27-14-25(33)21(15-35)12-26(27)34)13-22(18)29-38-37-28-17-40(8-10-42(28)29)30-24(32)5-4-6-36-30/h4-6,11-14,20H,7-10,16-17H2,1-3H3. The number of fused-ring (bicyclic) bond motifs is 1. The lowest BCUT2D eigenvalue weighted by atomic mass is 9.97. The molecular formula is C31H29ClF2N8O. The molecule has 2 aromatic carbocycles. The van der Waals surface area contributed by atoms with Crippen molar-refractivity contribution in [3.8, 4) is 17.5 Å². The van der Waals surface area contributed by atoms with Crippen LogP contribution in [0.5, 0.6) is 0 Å². The number of pyridine rings is 1. The molecule has 2 aliphatic rings. The fourth-order valence-corrected chi connectivity index (χ4v) is 6.21. The minimum atomic E-state index is -0.767. The molecule has 0 aliphatic carbocycles. The third kappa shape index (κ3) is 5.16. The third-order valence-electron chi connectivity index (χ3n) is 8.22. The second-order valence-corrected chi connectivity index (χ2v) is 11.4. The largest absolute Gasteiger partial charge is 0.365 e. The number of carbonyl (C=O) groups excluding carboxylic acids is 1. The van der Waals surface area contributed by atoms with Gasteiger partial charge in [0.1, 0.15) is 23.5 Å². The summed E-state index contributed by atoms with van der Waals surface area (Å²) >= 11 is 6.38. The highest BCUT2D eigenvalue weighted by Gasteiger charge is 2.32. The maximum Gasteiger partial charge on any atom is 0.254 e. The summed E-state index contributed by atoms with van der Waals surface area (Å²) in [5.41, 5.74) is 2.97. The van der Waals surface area contributed by atoms with Gasteiger partial charge in [-0.15, -0.1) is 10.2 Å². The Balaban J connectivity index is 1.23. The number of hydrogen-bond donors (Lipinski definition) is 0. The predicted octanol–water partition coefficient (Wildman–Crippen LogP) is 5.13. The van der Waals surface area contributed by atoms with E-state index in [0.29, 0.717) is 61.5 Å². The van der Waals surface area contributed by atoms with Gasteiger partial charge in [-0.1, -0.05) is 17.7 Å². The summed E-state index contributed by atoms with van der Waals surface area (Å²) < 4.78 is 31.0. The van der Waals surface area contributed by atoms with Gasteiger partial charge in [-0.25, -0.2) is 13.8 Å². The minimum absolute atomic E-state index is 0.0877. The van der Waals surface area contributed by atoms with Gasteiger partial charge in [-0.05, 0) is 56.2 Å². The lowest BCUT2D eigenvalue weighted by molar-refractivity contribution is 0.0673. The van der Waals surface area contributed by atoms with Gasteiger partial charge in [0, 0.05) is 62.2 Å². The van der Waals surface area contributed by atoms with Crippen molar-refractivity contribution >= 4 is 29.0 Å². The predicted molar refractivity (Wildman–Crippen MR) is 159 cm³/mol. The number of carbonyl (C=O) groups is 1. The molecule has 6 rings (SSSR count). The Hall–Kier alpha value is -4.56. The molecule has 220 valence electrons. The molecule has 0 saturated carbocycles. The number of nitriles is 1. The normalized spacial score (nSPS) is 16.7. The summed E-state index contributed by atoms with van der Waals surface area (Å²) in [6, 6.07) is 10.9. The van der Waals surface area contributed by atoms with Gasteiger partial charge >= 0.3 is 0 Å². The molecule has 43 heavy (non-hydrogen) atoms. The zero-order valence-corrected chi connectivity index (χ0v) is 24.7. The fraction of sp³-hybridized carbons (Fsp3) is 0.323. The van der Waals surface area contributed by atoms with Crippen molar-refractivity contribution in [2.45, 2.75) is 39.9 Å². The van der Waals surface area contributed by atoms with E-state index < -0.39 is 11.6 Å². The van der Waals surface area contributed by atoms with E-state index in [4.69, 9.17) is 16.9 Å². The molecule has 1 unspecified atom stereocenters. The number of aryl methyl sites for hydroxylation is 2. The maximum absolute atomic E-state index is 14.7. The molecular weight excluding hydrogens is 574 g/mol. The number of piperazine rings is 1. The van der Waals surface area contributed by atoms with Crippen LogP contribution in [0.1, 0.15) is 39.8 Å². The number of anilines is 2. The van der Waals surface area contributed by atoms with Crippen molar-refractivity contribution in [3.63, 3.8) is 0 Å². The summed E-state index contributed by atoms with van der Waals surface area (Å²) in [4.78, 5) is 23.9. The highest BCUT2D eigenvalue weighted by molar-refractivity contribution is 6.32. The number of nitrogens with zero attached hydrogens (tertiary/aromatic N) is 8. The van der Waals surface area contributed by atoms with Crippen LogP contribution in [0.4, 0.5) is 20.3 Å². The quantitative estimate of drug-likeness (QED) is 0.320. The number of rotatable bonds is 4. The first-order chi connectivity index (χ1) is 20.7. The molecule has 0 spiro atoms. The summed E-state index contributed by atoms with van der Waals surface area (Å²) in [5.74, 6) is 0.632. The number of benzene rings is 2. The number of halogens is 3. The van der Waals surface area contributed by atoms with E-state index in [1.807, 2.05) is 39.0 Å². The lowest BCUT2D eigenvalue weighted by Gasteiger charge is -2.41. The zero-order valence-electron chi connectivity index (χ0n) is 24.0. The van der Waals surface area contributed by atoms with Crippen LogP contribution in [0.3, 0.4) is 0 Å². The number of amides is 1. The van der Waals surface area contributed by atoms with Gasteiger partial charge in [0.2, 0.25) is 0 Å². The molecule has 0 N–H and O–H groups in total. The van der Waals surface area contributed by atoms with E-state index in [2.05, 4.69) is 24.6 Å². The number of hydrogen-bond acceptors (Lipinski definition) is 7. The Morgan fingerprint density at radius 3 is 2.56 bits per heavy atom. The summed E-state index contributed by atoms with van der Waals surface area (Å²) in [5, 5.41) is 18.6. The molecule has 1 atom stereocenters. The van der Waals surface area contributed by atoms with Crippen LogP contribution in [0, 0.1) is 36.8 Å². The van der Waals surface area contributed by atoms with Gasteiger partial charge in [-0.3, -0.25) is 4.79 Å². The molecule has 2 aliphatic heterocycles.